The molecule has 0 saturated heterocycles. The third-order valence-electron chi connectivity index (χ3n) is 2.48. The summed E-state index contributed by atoms with van der Waals surface area (Å²) in [6.07, 6.45) is 0.501. The van der Waals surface area contributed by atoms with Crippen molar-refractivity contribution in [1.82, 2.24) is 0 Å². The van der Waals surface area contributed by atoms with Crippen LogP contribution < -0.4 is 5.32 Å². The van der Waals surface area contributed by atoms with E-state index < -0.39 is 0 Å². The molecule has 0 aliphatic heterocycles. The molecule has 0 heterocycles. The minimum absolute atomic E-state index is 0.0470. The Bertz CT molecular complexity index is 545. The summed E-state index contributed by atoms with van der Waals surface area (Å²) in [5.74, 6) is 0.812. The van der Waals surface area contributed by atoms with Gasteiger partial charge in [0.05, 0.1) is 0 Å². The third kappa shape index (κ3) is 4.73. The smallest absolute Gasteiger partial charge is 0.225 e. The Morgan fingerprint density at radius 3 is 2.47 bits per heavy atom. The molecule has 19 heavy (non-hydrogen) atoms. The molecule has 2 nitrogen and oxygen atoms in total. The van der Waals surface area contributed by atoms with Gasteiger partial charge in [-0.1, -0.05) is 30.3 Å². The van der Waals surface area contributed by atoms with Crippen LogP contribution in [0, 0.1) is 0 Å². The molecule has 4 heteroatoms. The molecular formula is C15H14BrNOS. The standard InChI is InChI=1S/C15H14BrNOS/c16-13-8-4-5-9-14(13)19-11-10-15(18)17-12-6-2-1-3-7-12/h1-9H,10-11H2,(H,17,18). The molecule has 0 spiro atoms. The van der Waals surface area contributed by atoms with Crippen molar-refractivity contribution in [2.75, 3.05) is 11.1 Å². The van der Waals surface area contributed by atoms with E-state index in [0.717, 1.165) is 20.8 Å². The first-order valence-electron chi connectivity index (χ1n) is 5.98. The quantitative estimate of drug-likeness (QED) is 0.811. The van der Waals surface area contributed by atoms with Crippen LogP contribution in [0.15, 0.2) is 64.0 Å². The van der Waals surface area contributed by atoms with Crippen molar-refractivity contribution in [2.45, 2.75) is 11.3 Å². The van der Waals surface area contributed by atoms with E-state index in [-0.39, 0.29) is 5.91 Å². The van der Waals surface area contributed by atoms with Crippen LogP contribution in [0.2, 0.25) is 0 Å². The average Bonchev–Trinajstić information content (AvgIpc) is 2.42. The lowest BCUT2D eigenvalue weighted by atomic mass is 10.3. The summed E-state index contributed by atoms with van der Waals surface area (Å²) in [6, 6.07) is 17.6. The minimum atomic E-state index is 0.0470. The maximum absolute atomic E-state index is 11.8. The number of hydrogen-bond donors (Lipinski definition) is 1. The van der Waals surface area contributed by atoms with Crippen molar-refractivity contribution >= 4 is 39.3 Å². The van der Waals surface area contributed by atoms with Gasteiger partial charge in [0.15, 0.2) is 0 Å². The maximum atomic E-state index is 11.8. The van der Waals surface area contributed by atoms with Gasteiger partial charge in [-0.25, -0.2) is 0 Å². The molecule has 98 valence electrons. The maximum Gasteiger partial charge on any atom is 0.225 e. The van der Waals surface area contributed by atoms with Crippen molar-refractivity contribution in [1.29, 1.82) is 0 Å². The number of para-hydroxylation sites is 1. The first kappa shape index (κ1) is 14.2. The molecule has 1 N–H and O–H groups in total. The fourth-order valence-electron chi connectivity index (χ4n) is 1.56. The zero-order chi connectivity index (χ0) is 13.5. The predicted octanol–water partition coefficient (Wildman–Crippen LogP) is 4.57. The van der Waals surface area contributed by atoms with Crippen LogP contribution in [0.5, 0.6) is 0 Å². The van der Waals surface area contributed by atoms with Crippen LogP contribution in [0.1, 0.15) is 6.42 Å². The van der Waals surface area contributed by atoms with Gasteiger partial charge in [-0.2, -0.15) is 0 Å². The minimum Gasteiger partial charge on any atom is -0.326 e. The summed E-state index contributed by atoms with van der Waals surface area (Å²) in [5, 5.41) is 2.88. The lowest BCUT2D eigenvalue weighted by Crippen LogP contribution is -2.11. The normalized spacial score (nSPS) is 10.2. The van der Waals surface area contributed by atoms with Gasteiger partial charge in [0.2, 0.25) is 5.91 Å². The Balaban J connectivity index is 1.77. The summed E-state index contributed by atoms with van der Waals surface area (Å²) in [7, 11) is 0. The van der Waals surface area contributed by atoms with E-state index in [1.54, 1.807) is 11.8 Å². The van der Waals surface area contributed by atoms with E-state index in [4.69, 9.17) is 0 Å². The Morgan fingerprint density at radius 1 is 1.05 bits per heavy atom. The van der Waals surface area contributed by atoms with Crippen LogP contribution in [-0.2, 0) is 4.79 Å². The van der Waals surface area contributed by atoms with Gasteiger partial charge in [-0.3, -0.25) is 4.79 Å². The van der Waals surface area contributed by atoms with Crippen LogP contribution in [0.25, 0.3) is 0 Å². The molecule has 0 saturated carbocycles. The molecule has 0 unspecified atom stereocenters. The van der Waals surface area contributed by atoms with E-state index in [1.807, 2.05) is 54.6 Å². The molecule has 0 radical (unpaired) electrons. The van der Waals surface area contributed by atoms with Crippen LogP contribution >= 0.6 is 27.7 Å². The summed E-state index contributed by atoms with van der Waals surface area (Å²) in [4.78, 5) is 12.9. The number of anilines is 1. The number of amides is 1. The largest absolute Gasteiger partial charge is 0.326 e. The van der Waals surface area contributed by atoms with E-state index in [9.17, 15) is 4.79 Å². The SMILES string of the molecule is O=C(CCSc1ccccc1Br)Nc1ccccc1. The second kappa shape index (κ2) is 7.36. The average molecular weight is 336 g/mol. The van der Waals surface area contributed by atoms with Crippen molar-refractivity contribution < 1.29 is 4.79 Å². The lowest BCUT2D eigenvalue weighted by molar-refractivity contribution is -0.115. The highest BCUT2D eigenvalue weighted by Gasteiger charge is 2.04. The Labute approximate surface area is 125 Å². The van der Waals surface area contributed by atoms with Gasteiger partial charge in [0.25, 0.3) is 0 Å². The molecule has 0 aliphatic rings. The van der Waals surface area contributed by atoms with Crippen LogP contribution in [0.3, 0.4) is 0 Å². The van der Waals surface area contributed by atoms with Crippen LogP contribution in [0.4, 0.5) is 5.69 Å². The van der Waals surface area contributed by atoms with Crippen LogP contribution in [-0.4, -0.2) is 11.7 Å². The fourth-order valence-corrected chi connectivity index (χ4v) is 3.08. The first-order chi connectivity index (χ1) is 9.25. The zero-order valence-corrected chi connectivity index (χ0v) is 12.7. The van der Waals surface area contributed by atoms with Gasteiger partial charge in [0, 0.05) is 27.2 Å². The molecule has 0 fully saturated rings. The second-order valence-electron chi connectivity index (χ2n) is 3.94. The summed E-state index contributed by atoms with van der Waals surface area (Å²) >= 11 is 5.17. The van der Waals surface area contributed by atoms with E-state index >= 15 is 0 Å². The summed E-state index contributed by atoms with van der Waals surface area (Å²) in [6.45, 7) is 0. The Kier molecular flexibility index (Phi) is 5.48. The highest BCUT2D eigenvalue weighted by molar-refractivity contribution is 9.10. The number of benzene rings is 2. The van der Waals surface area contributed by atoms with Crippen molar-refractivity contribution in [2.24, 2.45) is 0 Å². The monoisotopic (exact) mass is 335 g/mol. The molecule has 2 aromatic rings. The number of carbonyl (C=O) groups excluding carboxylic acids is 1. The first-order valence-corrected chi connectivity index (χ1v) is 7.76. The molecular weight excluding hydrogens is 322 g/mol. The van der Waals surface area contributed by atoms with Gasteiger partial charge in [-0.15, -0.1) is 11.8 Å². The molecule has 0 atom stereocenters. The number of halogens is 1. The molecule has 0 aromatic heterocycles. The summed E-state index contributed by atoms with van der Waals surface area (Å²) < 4.78 is 1.07. The summed E-state index contributed by atoms with van der Waals surface area (Å²) in [5.41, 5.74) is 0.846. The molecule has 1 amide bonds. The predicted molar refractivity (Wildman–Crippen MR) is 84.6 cm³/mol. The fraction of sp³-hybridized carbons (Fsp3) is 0.133. The number of carbonyl (C=O) groups is 1. The van der Waals surface area contributed by atoms with Crippen molar-refractivity contribution in [3.63, 3.8) is 0 Å². The van der Waals surface area contributed by atoms with Gasteiger partial charge >= 0.3 is 0 Å². The van der Waals surface area contributed by atoms with E-state index in [2.05, 4.69) is 21.2 Å². The second-order valence-corrected chi connectivity index (χ2v) is 5.93. The third-order valence-corrected chi connectivity index (χ3v) is 4.51. The molecule has 2 aromatic carbocycles. The Morgan fingerprint density at radius 2 is 1.74 bits per heavy atom. The Hall–Kier alpha value is -1.26. The van der Waals surface area contributed by atoms with Crippen molar-refractivity contribution in [3.8, 4) is 0 Å². The number of hydrogen-bond acceptors (Lipinski definition) is 2. The molecule has 2 rings (SSSR count). The zero-order valence-electron chi connectivity index (χ0n) is 10.3. The van der Waals surface area contributed by atoms with E-state index in [1.165, 1.54) is 0 Å². The highest BCUT2D eigenvalue weighted by atomic mass is 79.9. The number of thioether (sulfide) groups is 1. The lowest BCUT2D eigenvalue weighted by Gasteiger charge is -2.05. The van der Waals surface area contributed by atoms with Gasteiger partial charge in [0.1, 0.15) is 0 Å². The van der Waals surface area contributed by atoms with Gasteiger partial charge < -0.3 is 5.32 Å². The van der Waals surface area contributed by atoms with Gasteiger partial charge in [-0.05, 0) is 40.2 Å². The number of nitrogens with one attached hydrogen (secondary N) is 1. The topological polar surface area (TPSA) is 29.1 Å². The molecule has 0 bridgehead atoms. The number of rotatable bonds is 5. The molecule has 0 aliphatic carbocycles. The van der Waals surface area contributed by atoms with E-state index in [0.29, 0.717) is 6.42 Å². The highest BCUT2D eigenvalue weighted by Crippen LogP contribution is 2.27. The van der Waals surface area contributed by atoms with Crippen molar-refractivity contribution in [3.05, 3.63) is 59.1 Å².